The van der Waals surface area contributed by atoms with Gasteiger partial charge in [0.05, 0.1) is 0 Å². The van der Waals surface area contributed by atoms with Crippen molar-refractivity contribution >= 4 is 0 Å². The van der Waals surface area contributed by atoms with Crippen molar-refractivity contribution in [2.24, 2.45) is 0 Å². The number of nitrogens with one attached hydrogen (secondary N) is 2. The second kappa shape index (κ2) is 4.47. The molecule has 0 aromatic carbocycles. The highest BCUT2D eigenvalue weighted by Crippen LogP contribution is 2.08. The summed E-state index contributed by atoms with van der Waals surface area (Å²) in [5.74, 6) is 0. The zero-order valence-corrected chi connectivity index (χ0v) is 6.61. The highest BCUT2D eigenvalue weighted by Gasteiger charge is 2.02. The van der Waals surface area contributed by atoms with Gasteiger partial charge < -0.3 is 10.6 Å². The predicted molar refractivity (Wildman–Crippen MR) is 44.1 cm³/mol. The summed E-state index contributed by atoms with van der Waals surface area (Å²) in [4.78, 5) is 0. The molecule has 0 radical (unpaired) electrons. The quantitative estimate of drug-likeness (QED) is 0.546. The molecule has 1 heterocycles. The van der Waals surface area contributed by atoms with Gasteiger partial charge in [-0.15, -0.1) is 0 Å². The molecule has 58 valence electrons. The number of hydrogen-bond acceptors (Lipinski definition) is 2. The fraction of sp³-hybridized carbons (Fsp3) is 0.750. The molecule has 0 amide bonds. The molecular formula is C8H16N2. The van der Waals surface area contributed by atoms with Crippen molar-refractivity contribution in [2.75, 3.05) is 26.7 Å². The van der Waals surface area contributed by atoms with E-state index in [1.807, 2.05) is 7.05 Å². The first-order chi connectivity index (χ1) is 4.93. The van der Waals surface area contributed by atoms with Gasteiger partial charge >= 0.3 is 0 Å². The maximum absolute atomic E-state index is 3.33. The third-order valence-electron chi connectivity index (χ3n) is 1.84. The predicted octanol–water partition coefficient (Wildman–Crippen LogP) is 0.516. The van der Waals surface area contributed by atoms with Gasteiger partial charge in [0, 0.05) is 6.54 Å². The van der Waals surface area contributed by atoms with E-state index >= 15 is 0 Å². The monoisotopic (exact) mass is 140 g/mol. The first-order valence-electron chi connectivity index (χ1n) is 3.96. The number of piperidine rings is 1. The molecule has 0 unspecified atom stereocenters. The van der Waals surface area contributed by atoms with Crippen LogP contribution in [0.4, 0.5) is 0 Å². The lowest BCUT2D eigenvalue weighted by atomic mass is 10.1. The fourth-order valence-electron chi connectivity index (χ4n) is 1.20. The van der Waals surface area contributed by atoms with Gasteiger partial charge in [-0.3, -0.25) is 0 Å². The van der Waals surface area contributed by atoms with E-state index in [0.29, 0.717) is 0 Å². The average molecular weight is 140 g/mol. The van der Waals surface area contributed by atoms with E-state index in [4.69, 9.17) is 0 Å². The highest BCUT2D eigenvalue weighted by molar-refractivity contribution is 5.05. The zero-order valence-electron chi connectivity index (χ0n) is 6.61. The van der Waals surface area contributed by atoms with E-state index < -0.39 is 0 Å². The van der Waals surface area contributed by atoms with Gasteiger partial charge in [-0.2, -0.15) is 0 Å². The summed E-state index contributed by atoms with van der Waals surface area (Å²) in [5.41, 5.74) is 1.60. The normalized spacial score (nSPS) is 19.1. The van der Waals surface area contributed by atoms with Gasteiger partial charge in [0.2, 0.25) is 0 Å². The Labute approximate surface area is 62.7 Å². The van der Waals surface area contributed by atoms with E-state index in [-0.39, 0.29) is 0 Å². The van der Waals surface area contributed by atoms with E-state index in [1.54, 1.807) is 5.57 Å². The zero-order chi connectivity index (χ0) is 7.23. The third-order valence-corrected chi connectivity index (χ3v) is 1.84. The molecule has 1 rings (SSSR count). The molecule has 1 saturated heterocycles. The van der Waals surface area contributed by atoms with Crippen molar-refractivity contribution in [3.05, 3.63) is 11.6 Å². The molecular weight excluding hydrogens is 124 g/mol. The van der Waals surface area contributed by atoms with Crippen LogP contribution in [-0.4, -0.2) is 26.7 Å². The van der Waals surface area contributed by atoms with Crippen molar-refractivity contribution in [1.29, 1.82) is 0 Å². The van der Waals surface area contributed by atoms with Crippen LogP contribution in [0.25, 0.3) is 0 Å². The van der Waals surface area contributed by atoms with Gasteiger partial charge in [0.1, 0.15) is 0 Å². The minimum Gasteiger partial charge on any atom is -0.316 e. The van der Waals surface area contributed by atoms with Crippen molar-refractivity contribution in [3.63, 3.8) is 0 Å². The largest absolute Gasteiger partial charge is 0.316 e. The minimum absolute atomic E-state index is 1.02. The smallest absolute Gasteiger partial charge is 0.0134 e. The van der Waals surface area contributed by atoms with Crippen LogP contribution >= 0.6 is 0 Å². The second-order valence-electron chi connectivity index (χ2n) is 2.67. The van der Waals surface area contributed by atoms with Gasteiger partial charge in [-0.05, 0) is 33.0 Å². The Morgan fingerprint density at radius 2 is 2.20 bits per heavy atom. The van der Waals surface area contributed by atoms with E-state index in [1.165, 1.54) is 12.8 Å². The van der Waals surface area contributed by atoms with Crippen LogP contribution in [0.1, 0.15) is 12.8 Å². The molecule has 0 aromatic rings. The SMILES string of the molecule is CNCC=C1CCNCC1. The molecule has 1 fully saturated rings. The summed E-state index contributed by atoms with van der Waals surface area (Å²) >= 11 is 0. The van der Waals surface area contributed by atoms with Gasteiger partial charge in [0.25, 0.3) is 0 Å². The third kappa shape index (κ3) is 2.50. The molecule has 2 N–H and O–H groups in total. The average Bonchev–Trinajstić information content (AvgIpc) is 2.03. The molecule has 1 aliphatic rings. The van der Waals surface area contributed by atoms with Crippen LogP contribution in [0.3, 0.4) is 0 Å². The van der Waals surface area contributed by atoms with Gasteiger partial charge in [0.15, 0.2) is 0 Å². The fourth-order valence-corrected chi connectivity index (χ4v) is 1.20. The molecule has 2 nitrogen and oxygen atoms in total. The molecule has 0 atom stereocenters. The summed E-state index contributed by atoms with van der Waals surface area (Å²) in [6.45, 7) is 3.35. The highest BCUT2D eigenvalue weighted by atomic mass is 14.9. The van der Waals surface area contributed by atoms with Crippen LogP contribution in [0.5, 0.6) is 0 Å². The van der Waals surface area contributed by atoms with E-state index in [9.17, 15) is 0 Å². The Kier molecular flexibility index (Phi) is 3.47. The summed E-state index contributed by atoms with van der Waals surface area (Å²) < 4.78 is 0. The minimum atomic E-state index is 1.02. The molecule has 0 aromatic heterocycles. The standard InChI is InChI=1S/C8H16N2/c1-9-5-2-8-3-6-10-7-4-8/h2,9-10H,3-7H2,1H3. The lowest BCUT2D eigenvalue weighted by Crippen LogP contribution is -2.23. The number of likely N-dealkylation sites (N-methyl/N-ethyl adjacent to an activating group) is 1. The second-order valence-corrected chi connectivity index (χ2v) is 2.67. The van der Waals surface area contributed by atoms with Gasteiger partial charge in [-0.1, -0.05) is 11.6 Å². The molecule has 0 saturated carbocycles. The molecule has 2 heteroatoms. The van der Waals surface area contributed by atoms with Crippen LogP contribution in [0, 0.1) is 0 Å². The Morgan fingerprint density at radius 1 is 1.50 bits per heavy atom. The van der Waals surface area contributed by atoms with E-state index in [2.05, 4.69) is 16.7 Å². The Morgan fingerprint density at radius 3 is 2.80 bits per heavy atom. The summed E-state index contributed by atoms with van der Waals surface area (Å²) in [6.07, 6.45) is 4.78. The van der Waals surface area contributed by atoms with Crippen LogP contribution in [-0.2, 0) is 0 Å². The van der Waals surface area contributed by atoms with E-state index in [0.717, 1.165) is 19.6 Å². The topological polar surface area (TPSA) is 24.1 Å². The lowest BCUT2D eigenvalue weighted by molar-refractivity contribution is 0.607. The molecule has 1 aliphatic heterocycles. The van der Waals surface area contributed by atoms with Crippen LogP contribution < -0.4 is 10.6 Å². The van der Waals surface area contributed by atoms with Crippen LogP contribution in [0.2, 0.25) is 0 Å². The number of rotatable bonds is 2. The molecule has 0 spiro atoms. The molecule has 10 heavy (non-hydrogen) atoms. The summed E-state index contributed by atoms with van der Waals surface area (Å²) in [7, 11) is 1.98. The Balaban J connectivity index is 2.23. The van der Waals surface area contributed by atoms with Crippen molar-refractivity contribution in [1.82, 2.24) is 10.6 Å². The first-order valence-corrected chi connectivity index (χ1v) is 3.96. The Bertz CT molecular complexity index is 110. The maximum Gasteiger partial charge on any atom is 0.0134 e. The van der Waals surface area contributed by atoms with Crippen molar-refractivity contribution in [3.8, 4) is 0 Å². The molecule has 0 bridgehead atoms. The van der Waals surface area contributed by atoms with Gasteiger partial charge in [-0.25, -0.2) is 0 Å². The van der Waals surface area contributed by atoms with Crippen LogP contribution in [0.15, 0.2) is 11.6 Å². The van der Waals surface area contributed by atoms with Crippen molar-refractivity contribution < 1.29 is 0 Å². The number of hydrogen-bond donors (Lipinski definition) is 2. The summed E-state index contributed by atoms with van der Waals surface area (Å²) in [6, 6.07) is 0. The summed E-state index contributed by atoms with van der Waals surface area (Å²) in [5, 5.41) is 6.45. The lowest BCUT2D eigenvalue weighted by Gasteiger charge is -2.14. The molecule has 0 aliphatic carbocycles. The maximum atomic E-state index is 3.33. The first kappa shape index (κ1) is 7.76. The van der Waals surface area contributed by atoms with Crippen molar-refractivity contribution in [2.45, 2.75) is 12.8 Å². The Hall–Kier alpha value is -0.340.